The fraction of sp³-hybridized carbons (Fsp3) is 0.154. The fourth-order valence-corrected chi connectivity index (χ4v) is 1.97. The Hall–Kier alpha value is -1.09. The Balaban J connectivity index is 2.11. The van der Waals surface area contributed by atoms with Crippen molar-refractivity contribution >= 4 is 23.2 Å². The summed E-state index contributed by atoms with van der Waals surface area (Å²) in [5.74, 6) is 0. The molecule has 0 radical (unpaired) electrons. The predicted octanol–water partition coefficient (Wildman–Crippen LogP) is 3.63. The summed E-state index contributed by atoms with van der Waals surface area (Å²) in [6.07, 6.45) is 2.43. The molecule has 1 aromatic heterocycles. The van der Waals surface area contributed by atoms with Crippen LogP contribution in [0.3, 0.4) is 0 Å². The van der Waals surface area contributed by atoms with Gasteiger partial charge in [0.1, 0.15) is 5.15 Å². The molecule has 0 amide bonds. The van der Waals surface area contributed by atoms with Gasteiger partial charge in [0.05, 0.1) is 0 Å². The highest BCUT2D eigenvalue weighted by molar-refractivity contribution is 6.30. The van der Waals surface area contributed by atoms with Gasteiger partial charge >= 0.3 is 0 Å². The van der Waals surface area contributed by atoms with Gasteiger partial charge in [0.25, 0.3) is 0 Å². The second-order valence-electron chi connectivity index (χ2n) is 3.85. The van der Waals surface area contributed by atoms with Gasteiger partial charge in [0, 0.05) is 17.3 Å². The summed E-state index contributed by atoms with van der Waals surface area (Å²) in [5.41, 5.74) is 8.18. The van der Waals surface area contributed by atoms with Crippen molar-refractivity contribution in [1.82, 2.24) is 4.98 Å². The van der Waals surface area contributed by atoms with E-state index in [-0.39, 0.29) is 6.04 Å². The number of nitrogens with zero attached hydrogens (tertiary/aromatic N) is 1. The van der Waals surface area contributed by atoms with Crippen LogP contribution >= 0.6 is 23.2 Å². The highest BCUT2D eigenvalue weighted by atomic mass is 35.5. The molecule has 0 fully saturated rings. The van der Waals surface area contributed by atoms with Crippen LogP contribution in [0, 0.1) is 0 Å². The van der Waals surface area contributed by atoms with E-state index in [1.165, 1.54) is 0 Å². The summed E-state index contributed by atoms with van der Waals surface area (Å²) < 4.78 is 0. The molecule has 2 aromatic rings. The first-order valence-corrected chi connectivity index (χ1v) is 6.02. The number of benzene rings is 1. The number of aromatic nitrogens is 1. The van der Waals surface area contributed by atoms with Crippen molar-refractivity contribution in [2.45, 2.75) is 12.5 Å². The minimum Gasteiger partial charge on any atom is -0.324 e. The van der Waals surface area contributed by atoms with Crippen molar-refractivity contribution in [2.75, 3.05) is 0 Å². The van der Waals surface area contributed by atoms with Crippen LogP contribution in [0.4, 0.5) is 0 Å². The Morgan fingerprint density at radius 2 is 2.00 bits per heavy atom. The molecule has 0 saturated carbocycles. The molecule has 88 valence electrons. The maximum Gasteiger partial charge on any atom is 0.129 e. The van der Waals surface area contributed by atoms with E-state index in [4.69, 9.17) is 28.9 Å². The van der Waals surface area contributed by atoms with Gasteiger partial charge in [-0.05, 0) is 35.7 Å². The van der Waals surface area contributed by atoms with Gasteiger partial charge in [-0.1, -0.05) is 41.4 Å². The molecular formula is C13H12Cl2N2. The normalized spacial score (nSPS) is 12.4. The van der Waals surface area contributed by atoms with Crippen LogP contribution in [0.1, 0.15) is 17.2 Å². The van der Waals surface area contributed by atoms with Gasteiger partial charge in [-0.3, -0.25) is 0 Å². The number of pyridine rings is 1. The molecule has 1 unspecified atom stereocenters. The first kappa shape index (κ1) is 12.4. The number of hydrogen-bond donors (Lipinski definition) is 1. The maximum absolute atomic E-state index is 6.10. The summed E-state index contributed by atoms with van der Waals surface area (Å²) in [4.78, 5) is 4.02. The first-order chi connectivity index (χ1) is 8.15. The molecule has 1 heterocycles. The minimum absolute atomic E-state index is 0.0989. The Morgan fingerprint density at radius 1 is 1.18 bits per heavy atom. The van der Waals surface area contributed by atoms with E-state index in [2.05, 4.69) is 4.98 Å². The molecule has 1 aromatic carbocycles. The largest absolute Gasteiger partial charge is 0.324 e. The minimum atomic E-state index is -0.0989. The van der Waals surface area contributed by atoms with E-state index < -0.39 is 0 Å². The maximum atomic E-state index is 6.10. The third kappa shape index (κ3) is 3.43. The lowest BCUT2D eigenvalue weighted by molar-refractivity contribution is 0.718. The smallest absolute Gasteiger partial charge is 0.129 e. The van der Waals surface area contributed by atoms with Crippen molar-refractivity contribution in [3.05, 3.63) is 63.9 Å². The molecule has 0 aliphatic rings. The van der Waals surface area contributed by atoms with Crippen molar-refractivity contribution in [2.24, 2.45) is 5.73 Å². The Labute approximate surface area is 110 Å². The fourth-order valence-electron chi connectivity index (χ4n) is 1.64. The molecule has 0 aliphatic carbocycles. The van der Waals surface area contributed by atoms with Crippen molar-refractivity contribution in [3.63, 3.8) is 0 Å². The monoisotopic (exact) mass is 266 g/mol. The van der Waals surface area contributed by atoms with Crippen molar-refractivity contribution in [3.8, 4) is 0 Å². The lowest BCUT2D eigenvalue weighted by Crippen LogP contribution is -2.13. The SMILES string of the molecule is NC(Cc1cccc(Cl)c1)c1ccc(Cl)nc1. The van der Waals surface area contributed by atoms with Crippen molar-refractivity contribution in [1.29, 1.82) is 0 Å². The van der Waals surface area contributed by atoms with E-state index in [0.717, 1.165) is 22.6 Å². The van der Waals surface area contributed by atoms with Gasteiger partial charge in [0.15, 0.2) is 0 Å². The lowest BCUT2D eigenvalue weighted by Gasteiger charge is -2.11. The van der Waals surface area contributed by atoms with Crippen molar-refractivity contribution < 1.29 is 0 Å². The summed E-state index contributed by atoms with van der Waals surface area (Å²) in [6.45, 7) is 0. The number of halogens is 2. The van der Waals surface area contributed by atoms with Gasteiger partial charge < -0.3 is 5.73 Å². The summed E-state index contributed by atoms with van der Waals surface area (Å²) in [6, 6.07) is 11.2. The molecule has 17 heavy (non-hydrogen) atoms. The summed E-state index contributed by atoms with van der Waals surface area (Å²) >= 11 is 11.7. The molecule has 0 spiro atoms. The summed E-state index contributed by atoms with van der Waals surface area (Å²) in [7, 11) is 0. The van der Waals surface area contributed by atoms with Gasteiger partial charge in [-0.2, -0.15) is 0 Å². The Morgan fingerprint density at radius 3 is 2.65 bits per heavy atom. The second kappa shape index (κ2) is 5.50. The van der Waals surface area contributed by atoms with Crippen LogP contribution in [-0.2, 0) is 6.42 Å². The van der Waals surface area contributed by atoms with E-state index in [0.29, 0.717) is 5.15 Å². The number of nitrogens with two attached hydrogens (primary N) is 1. The van der Waals surface area contributed by atoms with Gasteiger partial charge in [0.2, 0.25) is 0 Å². The highest BCUT2D eigenvalue weighted by Crippen LogP contribution is 2.18. The predicted molar refractivity (Wildman–Crippen MR) is 71.3 cm³/mol. The molecular weight excluding hydrogens is 255 g/mol. The van der Waals surface area contributed by atoms with E-state index in [9.17, 15) is 0 Å². The zero-order chi connectivity index (χ0) is 12.3. The van der Waals surface area contributed by atoms with E-state index >= 15 is 0 Å². The third-order valence-corrected chi connectivity index (χ3v) is 2.98. The zero-order valence-electron chi connectivity index (χ0n) is 9.11. The van der Waals surface area contributed by atoms with Crippen LogP contribution in [-0.4, -0.2) is 4.98 Å². The second-order valence-corrected chi connectivity index (χ2v) is 4.68. The average molecular weight is 267 g/mol. The lowest BCUT2D eigenvalue weighted by atomic mass is 10.0. The standard InChI is InChI=1S/C13H12Cl2N2/c14-11-3-1-2-9(6-11)7-12(16)10-4-5-13(15)17-8-10/h1-6,8,12H,7,16H2. The Kier molecular flexibility index (Phi) is 4.00. The van der Waals surface area contributed by atoms with Gasteiger partial charge in [-0.25, -0.2) is 4.98 Å². The van der Waals surface area contributed by atoms with Crippen LogP contribution in [0.25, 0.3) is 0 Å². The van der Waals surface area contributed by atoms with Gasteiger partial charge in [-0.15, -0.1) is 0 Å². The number of hydrogen-bond acceptors (Lipinski definition) is 2. The Bertz CT molecular complexity index is 497. The molecule has 2 N–H and O–H groups in total. The molecule has 0 saturated heterocycles. The zero-order valence-corrected chi connectivity index (χ0v) is 10.6. The molecule has 2 nitrogen and oxygen atoms in total. The number of rotatable bonds is 3. The quantitative estimate of drug-likeness (QED) is 0.862. The molecule has 0 aliphatic heterocycles. The van der Waals surface area contributed by atoms with Crippen LogP contribution < -0.4 is 5.73 Å². The summed E-state index contributed by atoms with van der Waals surface area (Å²) in [5, 5.41) is 1.20. The topological polar surface area (TPSA) is 38.9 Å². The van der Waals surface area contributed by atoms with Crippen LogP contribution in [0.5, 0.6) is 0 Å². The highest BCUT2D eigenvalue weighted by Gasteiger charge is 2.07. The van der Waals surface area contributed by atoms with E-state index in [1.807, 2.05) is 30.3 Å². The van der Waals surface area contributed by atoms with Crippen LogP contribution in [0.15, 0.2) is 42.6 Å². The van der Waals surface area contributed by atoms with E-state index in [1.54, 1.807) is 12.3 Å². The van der Waals surface area contributed by atoms with Crippen LogP contribution in [0.2, 0.25) is 10.2 Å². The molecule has 0 bridgehead atoms. The average Bonchev–Trinajstić information content (AvgIpc) is 2.29. The third-order valence-electron chi connectivity index (χ3n) is 2.52. The molecule has 1 atom stereocenters. The molecule has 4 heteroatoms. The molecule has 2 rings (SSSR count). The first-order valence-electron chi connectivity index (χ1n) is 5.26.